The summed E-state index contributed by atoms with van der Waals surface area (Å²) in [6.45, 7) is 0.936. The van der Waals surface area contributed by atoms with Gasteiger partial charge in [-0.2, -0.15) is 0 Å². The summed E-state index contributed by atoms with van der Waals surface area (Å²) in [4.78, 5) is 29.8. The summed E-state index contributed by atoms with van der Waals surface area (Å²) in [6, 6.07) is 17.5. The fourth-order valence-electron chi connectivity index (χ4n) is 2.84. The monoisotopic (exact) mass is 352 g/mol. The zero-order chi connectivity index (χ0) is 17.2. The lowest BCUT2D eigenvalue weighted by molar-refractivity contribution is -0.124. The number of hydrogen-bond acceptors (Lipinski definition) is 4. The van der Waals surface area contributed by atoms with Crippen molar-refractivity contribution in [3.8, 4) is 5.69 Å². The van der Waals surface area contributed by atoms with Crippen molar-refractivity contribution in [2.45, 2.75) is 5.16 Å². The summed E-state index contributed by atoms with van der Waals surface area (Å²) >= 11 is 1.35. The van der Waals surface area contributed by atoms with Gasteiger partial charge < -0.3 is 5.32 Å². The van der Waals surface area contributed by atoms with E-state index in [1.54, 1.807) is 0 Å². The number of rotatable bonds is 4. The molecule has 1 fully saturated rings. The Morgan fingerprint density at radius 2 is 1.88 bits per heavy atom. The van der Waals surface area contributed by atoms with Crippen LogP contribution < -0.4 is 5.32 Å². The van der Waals surface area contributed by atoms with Crippen LogP contribution >= 0.6 is 11.8 Å². The molecule has 2 aromatic carbocycles. The highest BCUT2D eigenvalue weighted by atomic mass is 32.2. The van der Waals surface area contributed by atoms with Gasteiger partial charge in [-0.25, -0.2) is 9.78 Å². The summed E-state index contributed by atoms with van der Waals surface area (Å²) in [5.41, 5.74) is 2.85. The van der Waals surface area contributed by atoms with Gasteiger partial charge in [0, 0.05) is 18.8 Å². The van der Waals surface area contributed by atoms with E-state index in [1.807, 2.05) is 59.2 Å². The highest BCUT2D eigenvalue weighted by Crippen LogP contribution is 2.28. The number of amides is 3. The van der Waals surface area contributed by atoms with Crippen molar-refractivity contribution in [3.63, 3.8) is 0 Å². The van der Waals surface area contributed by atoms with Crippen molar-refractivity contribution in [2.24, 2.45) is 0 Å². The van der Waals surface area contributed by atoms with Crippen LogP contribution in [0.1, 0.15) is 0 Å². The van der Waals surface area contributed by atoms with E-state index >= 15 is 0 Å². The Balaban J connectivity index is 1.65. The van der Waals surface area contributed by atoms with Crippen LogP contribution in [0.25, 0.3) is 16.7 Å². The Morgan fingerprint density at radius 3 is 2.64 bits per heavy atom. The zero-order valence-corrected chi connectivity index (χ0v) is 14.2. The molecule has 7 heteroatoms. The Kier molecular flexibility index (Phi) is 4.15. The molecule has 1 aromatic heterocycles. The lowest BCUT2D eigenvalue weighted by Crippen LogP contribution is -2.35. The minimum atomic E-state index is -0.317. The Labute approximate surface area is 148 Å². The first kappa shape index (κ1) is 15.7. The predicted molar refractivity (Wildman–Crippen MR) is 96.9 cm³/mol. The topological polar surface area (TPSA) is 67.2 Å². The molecule has 1 saturated heterocycles. The first-order valence-corrected chi connectivity index (χ1v) is 8.96. The van der Waals surface area contributed by atoms with Crippen LogP contribution in [0.2, 0.25) is 0 Å². The number of benzene rings is 2. The SMILES string of the molecule is O=C(CSc1nc2ccccc2n1-c1ccccc1)N1CCNC1=O. The molecule has 4 rings (SSSR count). The van der Waals surface area contributed by atoms with Gasteiger partial charge in [0.1, 0.15) is 0 Å². The smallest absolute Gasteiger partial charge is 0.324 e. The van der Waals surface area contributed by atoms with E-state index in [-0.39, 0.29) is 17.7 Å². The first-order valence-electron chi connectivity index (χ1n) is 7.98. The van der Waals surface area contributed by atoms with Gasteiger partial charge in [0.15, 0.2) is 5.16 Å². The minimum Gasteiger partial charge on any atom is -0.336 e. The minimum absolute atomic E-state index is 0.170. The maximum absolute atomic E-state index is 12.3. The van der Waals surface area contributed by atoms with Gasteiger partial charge in [0.25, 0.3) is 0 Å². The zero-order valence-electron chi connectivity index (χ0n) is 13.4. The van der Waals surface area contributed by atoms with Crippen molar-refractivity contribution in [2.75, 3.05) is 18.8 Å². The second kappa shape index (κ2) is 6.60. The summed E-state index contributed by atoms with van der Waals surface area (Å²) in [6.07, 6.45) is 0. The number of carbonyl (C=O) groups excluding carboxylic acids is 2. The molecular weight excluding hydrogens is 336 g/mol. The van der Waals surface area contributed by atoms with Gasteiger partial charge in [-0.3, -0.25) is 14.3 Å². The number of imidazole rings is 1. The normalized spacial score (nSPS) is 14.1. The highest BCUT2D eigenvalue weighted by molar-refractivity contribution is 7.99. The average Bonchev–Trinajstić information content (AvgIpc) is 3.23. The predicted octanol–water partition coefficient (Wildman–Crippen LogP) is 2.67. The van der Waals surface area contributed by atoms with Crippen LogP contribution in [0.15, 0.2) is 59.8 Å². The molecule has 25 heavy (non-hydrogen) atoms. The maximum Gasteiger partial charge on any atom is 0.324 e. The molecule has 0 saturated carbocycles. The molecular formula is C18H16N4O2S. The van der Waals surface area contributed by atoms with Crippen molar-refractivity contribution in [3.05, 3.63) is 54.6 Å². The summed E-state index contributed by atoms with van der Waals surface area (Å²) in [5.74, 6) is -0.0319. The summed E-state index contributed by atoms with van der Waals surface area (Å²) in [5, 5.41) is 3.38. The van der Waals surface area contributed by atoms with Crippen molar-refractivity contribution < 1.29 is 9.59 Å². The van der Waals surface area contributed by atoms with Gasteiger partial charge in [0.05, 0.1) is 16.8 Å². The van der Waals surface area contributed by atoms with E-state index in [9.17, 15) is 9.59 Å². The number of imide groups is 1. The van der Waals surface area contributed by atoms with E-state index in [4.69, 9.17) is 0 Å². The van der Waals surface area contributed by atoms with E-state index in [0.717, 1.165) is 21.9 Å². The number of nitrogens with zero attached hydrogens (tertiary/aromatic N) is 3. The molecule has 0 atom stereocenters. The number of nitrogens with one attached hydrogen (secondary N) is 1. The molecule has 0 aliphatic carbocycles. The van der Waals surface area contributed by atoms with Gasteiger partial charge in [0.2, 0.25) is 5.91 Å². The number of aromatic nitrogens is 2. The van der Waals surface area contributed by atoms with Crippen LogP contribution in [-0.2, 0) is 4.79 Å². The fraction of sp³-hybridized carbons (Fsp3) is 0.167. The van der Waals surface area contributed by atoms with Gasteiger partial charge in [-0.15, -0.1) is 0 Å². The van der Waals surface area contributed by atoms with Gasteiger partial charge >= 0.3 is 6.03 Å². The summed E-state index contributed by atoms with van der Waals surface area (Å²) < 4.78 is 2.04. The van der Waals surface area contributed by atoms with Crippen LogP contribution in [0, 0.1) is 0 Å². The van der Waals surface area contributed by atoms with Crippen molar-refractivity contribution in [1.29, 1.82) is 0 Å². The molecule has 1 aliphatic heterocycles. The number of thioether (sulfide) groups is 1. The molecule has 3 amide bonds. The maximum atomic E-state index is 12.3. The Hall–Kier alpha value is -2.80. The van der Waals surface area contributed by atoms with E-state index in [1.165, 1.54) is 16.7 Å². The van der Waals surface area contributed by atoms with Crippen LogP contribution in [0.3, 0.4) is 0 Å². The molecule has 0 unspecified atom stereocenters. The molecule has 0 spiro atoms. The third kappa shape index (κ3) is 2.98. The van der Waals surface area contributed by atoms with Gasteiger partial charge in [-0.1, -0.05) is 42.1 Å². The van der Waals surface area contributed by atoms with Crippen molar-refractivity contribution >= 4 is 34.7 Å². The Morgan fingerprint density at radius 1 is 1.12 bits per heavy atom. The molecule has 1 N–H and O–H groups in total. The van der Waals surface area contributed by atoms with Gasteiger partial charge in [-0.05, 0) is 24.3 Å². The largest absolute Gasteiger partial charge is 0.336 e. The third-order valence-electron chi connectivity index (χ3n) is 4.03. The van der Waals surface area contributed by atoms with Crippen LogP contribution in [-0.4, -0.2) is 45.2 Å². The highest BCUT2D eigenvalue weighted by Gasteiger charge is 2.26. The number of para-hydroxylation sites is 3. The second-order valence-corrected chi connectivity index (χ2v) is 6.56. The Bertz CT molecular complexity index is 939. The summed E-state index contributed by atoms with van der Waals surface area (Å²) in [7, 11) is 0. The lowest BCUT2D eigenvalue weighted by Gasteiger charge is -2.12. The fourth-order valence-corrected chi connectivity index (χ4v) is 3.75. The van der Waals surface area contributed by atoms with E-state index < -0.39 is 0 Å². The molecule has 6 nitrogen and oxygen atoms in total. The number of fused-ring (bicyclic) bond motifs is 1. The molecule has 3 aromatic rings. The van der Waals surface area contributed by atoms with Crippen molar-refractivity contribution in [1.82, 2.24) is 19.8 Å². The van der Waals surface area contributed by atoms with Crippen LogP contribution in [0.4, 0.5) is 4.79 Å². The van der Waals surface area contributed by atoms with Crippen LogP contribution in [0.5, 0.6) is 0 Å². The lowest BCUT2D eigenvalue weighted by atomic mass is 10.3. The first-order chi connectivity index (χ1) is 12.2. The average molecular weight is 352 g/mol. The number of hydrogen-bond donors (Lipinski definition) is 1. The second-order valence-electron chi connectivity index (χ2n) is 5.62. The molecule has 0 bridgehead atoms. The quantitative estimate of drug-likeness (QED) is 0.733. The molecule has 1 aliphatic rings. The van der Waals surface area contributed by atoms with E-state index in [0.29, 0.717) is 13.1 Å². The molecule has 0 radical (unpaired) electrons. The standard InChI is InChI=1S/C18H16N4O2S/c23-16(21-11-10-19-17(21)24)12-25-18-20-14-8-4-5-9-15(14)22(18)13-6-2-1-3-7-13/h1-9H,10-12H2,(H,19,24). The molecule has 126 valence electrons. The number of carbonyl (C=O) groups is 2. The molecule has 2 heterocycles. The number of urea groups is 1. The third-order valence-corrected chi connectivity index (χ3v) is 4.95. The van der Waals surface area contributed by atoms with E-state index in [2.05, 4.69) is 10.3 Å².